The van der Waals surface area contributed by atoms with Crippen LogP contribution in [0.4, 0.5) is 18.9 Å². The van der Waals surface area contributed by atoms with Crippen molar-refractivity contribution >= 4 is 27.3 Å². The van der Waals surface area contributed by atoms with Crippen molar-refractivity contribution in [3.05, 3.63) is 59.9 Å². The van der Waals surface area contributed by atoms with E-state index in [9.17, 15) is 31.2 Å². The second kappa shape index (κ2) is 8.21. The molecule has 0 radical (unpaired) electrons. The second-order valence-corrected chi connectivity index (χ2v) is 7.47. The predicted octanol–water partition coefficient (Wildman–Crippen LogP) is 2.53. The molecule has 0 saturated heterocycles. The van der Waals surface area contributed by atoms with Gasteiger partial charge in [-0.15, -0.1) is 0 Å². The van der Waals surface area contributed by atoms with Crippen LogP contribution in [0.1, 0.15) is 10.4 Å². The number of nitrogens with one attached hydrogen (secondary N) is 1. The average Bonchev–Trinajstić information content (AvgIpc) is 2.60. The Morgan fingerprint density at radius 3 is 2.30 bits per heavy atom. The van der Waals surface area contributed by atoms with E-state index < -0.39 is 38.1 Å². The molecule has 2 amide bonds. The zero-order valence-corrected chi connectivity index (χ0v) is 14.8. The summed E-state index contributed by atoms with van der Waals surface area (Å²) < 4.78 is 60.8. The molecule has 1 N–H and O–H groups in total. The summed E-state index contributed by atoms with van der Waals surface area (Å²) in [5.74, 6) is -5.29. The summed E-state index contributed by atoms with van der Waals surface area (Å²) in [5, 5.41) is 2.43. The molecule has 27 heavy (non-hydrogen) atoms. The first-order valence-corrected chi connectivity index (χ1v) is 9.09. The standard InChI is InChI=1S/C17H15F3N2O4S/c1-22(10-15(23)21-13-4-2-3-12(18)9-13)16(24)11-5-7-14(8-6-11)27(25,26)17(19)20/h2-9,17H,10H2,1H3,(H,21,23). The fourth-order valence-electron chi connectivity index (χ4n) is 2.16. The lowest BCUT2D eigenvalue weighted by Gasteiger charge is -2.17. The number of carbonyl (C=O) groups excluding carboxylic acids is 2. The largest absolute Gasteiger partial charge is 0.341 e. The predicted molar refractivity (Wildman–Crippen MR) is 91.6 cm³/mol. The van der Waals surface area contributed by atoms with Gasteiger partial charge in [0, 0.05) is 18.3 Å². The van der Waals surface area contributed by atoms with Crippen molar-refractivity contribution < 1.29 is 31.2 Å². The molecule has 2 aromatic carbocycles. The maximum atomic E-state index is 13.1. The molecule has 144 valence electrons. The number of amides is 2. The van der Waals surface area contributed by atoms with Gasteiger partial charge in [-0.25, -0.2) is 12.8 Å². The monoisotopic (exact) mass is 400 g/mol. The summed E-state index contributed by atoms with van der Waals surface area (Å²) in [6.45, 7) is -0.355. The summed E-state index contributed by atoms with van der Waals surface area (Å²) >= 11 is 0. The van der Waals surface area contributed by atoms with E-state index in [0.29, 0.717) is 0 Å². The Balaban J connectivity index is 2.03. The molecule has 2 aromatic rings. The number of alkyl halides is 2. The van der Waals surface area contributed by atoms with Crippen molar-refractivity contribution in [2.24, 2.45) is 0 Å². The molecule has 10 heteroatoms. The molecule has 0 bridgehead atoms. The highest BCUT2D eigenvalue weighted by molar-refractivity contribution is 7.91. The number of likely N-dealkylation sites (N-methyl/N-ethyl adjacent to an activating group) is 1. The van der Waals surface area contributed by atoms with Crippen LogP contribution in [0.15, 0.2) is 53.4 Å². The van der Waals surface area contributed by atoms with Gasteiger partial charge in [-0.2, -0.15) is 8.78 Å². The van der Waals surface area contributed by atoms with Crippen LogP contribution in [0.25, 0.3) is 0 Å². The van der Waals surface area contributed by atoms with E-state index in [0.717, 1.165) is 35.2 Å². The zero-order valence-electron chi connectivity index (χ0n) is 14.0. The van der Waals surface area contributed by atoms with Crippen LogP contribution >= 0.6 is 0 Å². The first kappa shape index (κ1) is 20.4. The maximum Gasteiger partial charge on any atom is 0.341 e. The van der Waals surface area contributed by atoms with E-state index in [-0.39, 0.29) is 17.8 Å². The Morgan fingerprint density at radius 2 is 1.74 bits per heavy atom. The highest BCUT2D eigenvalue weighted by Crippen LogP contribution is 2.19. The van der Waals surface area contributed by atoms with Gasteiger partial charge < -0.3 is 10.2 Å². The Labute approximate surface area is 153 Å². The summed E-state index contributed by atoms with van der Waals surface area (Å²) in [6, 6.07) is 9.17. The van der Waals surface area contributed by atoms with Gasteiger partial charge in [-0.05, 0) is 42.5 Å². The number of halogens is 3. The van der Waals surface area contributed by atoms with Crippen LogP contribution in [0.3, 0.4) is 0 Å². The van der Waals surface area contributed by atoms with E-state index in [1.165, 1.54) is 25.2 Å². The lowest BCUT2D eigenvalue weighted by atomic mass is 10.2. The van der Waals surface area contributed by atoms with Crippen LogP contribution in [0.5, 0.6) is 0 Å². The van der Waals surface area contributed by atoms with Crippen LogP contribution in [-0.4, -0.2) is 44.5 Å². The molecule has 0 spiro atoms. The summed E-state index contributed by atoms with van der Waals surface area (Å²) in [5.41, 5.74) is 0.242. The van der Waals surface area contributed by atoms with Gasteiger partial charge in [0.2, 0.25) is 15.7 Å². The van der Waals surface area contributed by atoms with E-state index in [2.05, 4.69) is 5.32 Å². The Hall–Kier alpha value is -2.88. The molecule has 0 aromatic heterocycles. The quantitative estimate of drug-likeness (QED) is 0.808. The van der Waals surface area contributed by atoms with E-state index >= 15 is 0 Å². The molecule has 0 saturated carbocycles. The van der Waals surface area contributed by atoms with Crippen molar-refractivity contribution in [1.82, 2.24) is 4.90 Å². The molecule has 0 aliphatic rings. The number of carbonyl (C=O) groups is 2. The molecule has 0 heterocycles. The Kier molecular flexibility index (Phi) is 6.21. The molecular weight excluding hydrogens is 385 g/mol. The second-order valence-electron chi connectivity index (χ2n) is 5.55. The molecule has 0 aliphatic heterocycles. The summed E-state index contributed by atoms with van der Waals surface area (Å²) in [7, 11) is -3.42. The van der Waals surface area contributed by atoms with Crippen LogP contribution in [0, 0.1) is 5.82 Å². The first-order valence-electron chi connectivity index (χ1n) is 7.54. The Morgan fingerprint density at radius 1 is 1.11 bits per heavy atom. The van der Waals surface area contributed by atoms with Crippen molar-refractivity contribution in [2.45, 2.75) is 10.7 Å². The lowest BCUT2D eigenvalue weighted by molar-refractivity contribution is -0.116. The number of hydrogen-bond donors (Lipinski definition) is 1. The highest BCUT2D eigenvalue weighted by Gasteiger charge is 2.26. The van der Waals surface area contributed by atoms with E-state index in [1.54, 1.807) is 0 Å². The van der Waals surface area contributed by atoms with Crippen molar-refractivity contribution in [1.29, 1.82) is 0 Å². The zero-order chi connectivity index (χ0) is 20.2. The number of anilines is 1. The van der Waals surface area contributed by atoms with Crippen molar-refractivity contribution in [2.75, 3.05) is 18.9 Å². The number of rotatable bonds is 6. The topological polar surface area (TPSA) is 83.6 Å². The molecule has 2 rings (SSSR count). The highest BCUT2D eigenvalue weighted by atomic mass is 32.2. The fourth-order valence-corrected chi connectivity index (χ4v) is 2.89. The normalized spacial score (nSPS) is 11.3. The molecular formula is C17H15F3N2O4S. The molecule has 0 unspecified atom stereocenters. The first-order chi connectivity index (χ1) is 12.6. The lowest BCUT2D eigenvalue weighted by Crippen LogP contribution is -2.34. The minimum Gasteiger partial charge on any atom is -0.332 e. The minimum atomic E-state index is -4.75. The fraction of sp³-hybridized carbons (Fsp3) is 0.176. The smallest absolute Gasteiger partial charge is 0.332 e. The third-order valence-electron chi connectivity index (χ3n) is 3.50. The van der Waals surface area contributed by atoms with Gasteiger partial charge in [0.05, 0.1) is 11.4 Å². The van der Waals surface area contributed by atoms with Crippen LogP contribution in [-0.2, 0) is 14.6 Å². The van der Waals surface area contributed by atoms with Crippen LogP contribution in [0.2, 0.25) is 0 Å². The van der Waals surface area contributed by atoms with Gasteiger partial charge in [0.25, 0.3) is 5.91 Å². The molecule has 6 nitrogen and oxygen atoms in total. The number of sulfone groups is 1. The van der Waals surface area contributed by atoms with E-state index in [4.69, 9.17) is 0 Å². The van der Waals surface area contributed by atoms with Gasteiger partial charge in [-0.1, -0.05) is 6.07 Å². The molecule has 0 aliphatic carbocycles. The van der Waals surface area contributed by atoms with Crippen molar-refractivity contribution in [3.8, 4) is 0 Å². The van der Waals surface area contributed by atoms with Gasteiger partial charge in [0.1, 0.15) is 5.82 Å². The number of hydrogen-bond acceptors (Lipinski definition) is 4. The summed E-state index contributed by atoms with van der Waals surface area (Å²) in [6.07, 6.45) is 0. The van der Waals surface area contributed by atoms with Gasteiger partial charge in [0.15, 0.2) is 0 Å². The third-order valence-corrected chi connectivity index (χ3v) is 4.90. The Bertz CT molecular complexity index is 947. The average molecular weight is 400 g/mol. The SMILES string of the molecule is CN(CC(=O)Nc1cccc(F)c1)C(=O)c1ccc(S(=O)(=O)C(F)F)cc1. The minimum absolute atomic E-state index is 0.0178. The van der Waals surface area contributed by atoms with Gasteiger partial charge >= 0.3 is 5.76 Å². The number of benzene rings is 2. The molecule has 0 fully saturated rings. The van der Waals surface area contributed by atoms with E-state index in [1.807, 2.05) is 0 Å². The van der Waals surface area contributed by atoms with Gasteiger partial charge in [-0.3, -0.25) is 9.59 Å². The maximum absolute atomic E-state index is 13.1. The molecule has 0 atom stereocenters. The summed E-state index contributed by atoms with van der Waals surface area (Å²) in [4.78, 5) is 24.6. The third kappa shape index (κ3) is 5.07. The van der Waals surface area contributed by atoms with Crippen LogP contribution < -0.4 is 5.32 Å². The van der Waals surface area contributed by atoms with Crippen molar-refractivity contribution in [3.63, 3.8) is 0 Å². The number of nitrogens with zero attached hydrogens (tertiary/aromatic N) is 1.